The molecule has 0 aromatic rings. The van der Waals surface area contributed by atoms with Crippen molar-refractivity contribution in [3.63, 3.8) is 0 Å². The zero-order valence-corrected chi connectivity index (χ0v) is 11.8. The highest BCUT2D eigenvalue weighted by Crippen LogP contribution is 2.34. The lowest BCUT2D eigenvalue weighted by Crippen LogP contribution is -2.34. The molecule has 0 spiro atoms. The summed E-state index contributed by atoms with van der Waals surface area (Å²) in [6.07, 6.45) is 9.62. The van der Waals surface area contributed by atoms with Crippen molar-refractivity contribution in [1.82, 2.24) is 5.32 Å². The van der Waals surface area contributed by atoms with Crippen LogP contribution in [0.4, 0.5) is 0 Å². The predicted molar refractivity (Wildman–Crippen MR) is 72.7 cm³/mol. The molecule has 0 aromatic heterocycles. The van der Waals surface area contributed by atoms with Crippen molar-refractivity contribution in [1.29, 1.82) is 0 Å². The van der Waals surface area contributed by atoms with Crippen LogP contribution in [-0.2, 0) is 0 Å². The van der Waals surface area contributed by atoms with Crippen LogP contribution in [-0.4, -0.2) is 12.6 Å². The van der Waals surface area contributed by atoms with Gasteiger partial charge in [-0.05, 0) is 37.0 Å². The number of hydrogen-bond acceptors (Lipinski definition) is 1. The van der Waals surface area contributed by atoms with E-state index in [1.807, 2.05) is 0 Å². The van der Waals surface area contributed by atoms with Crippen LogP contribution in [0.1, 0.15) is 72.6 Å². The summed E-state index contributed by atoms with van der Waals surface area (Å²) >= 11 is 0. The van der Waals surface area contributed by atoms with E-state index >= 15 is 0 Å². The molecule has 1 saturated carbocycles. The maximum Gasteiger partial charge on any atom is 0.00684 e. The largest absolute Gasteiger partial charge is 0.313 e. The minimum absolute atomic E-state index is 0.536. The van der Waals surface area contributed by atoms with Gasteiger partial charge in [-0.3, -0.25) is 0 Å². The smallest absolute Gasteiger partial charge is 0.00684 e. The fourth-order valence-electron chi connectivity index (χ4n) is 2.82. The van der Waals surface area contributed by atoms with E-state index in [1.54, 1.807) is 0 Å². The van der Waals surface area contributed by atoms with Gasteiger partial charge < -0.3 is 5.32 Å². The first kappa shape index (κ1) is 14.0. The summed E-state index contributed by atoms with van der Waals surface area (Å²) in [6.45, 7) is 10.7. The molecule has 0 aliphatic heterocycles. The van der Waals surface area contributed by atoms with Crippen LogP contribution in [0.15, 0.2) is 0 Å². The van der Waals surface area contributed by atoms with Crippen molar-refractivity contribution in [3.05, 3.63) is 0 Å². The topological polar surface area (TPSA) is 12.0 Å². The highest BCUT2D eigenvalue weighted by atomic mass is 15.0. The van der Waals surface area contributed by atoms with E-state index in [9.17, 15) is 0 Å². The summed E-state index contributed by atoms with van der Waals surface area (Å²) in [7, 11) is 0. The first-order chi connectivity index (χ1) is 7.63. The highest BCUT2D eigenvalue weighted by molar-refractivity contribution is 4.86. The standard InChI is InChI=1S/C15H31N/c1-5-10-15(4,11-13(6-2)7-3)12-16-14-8-9-14/h13-14,16H,5-12H2,1-4H3. The molecular formula is C15H31N. The molecule has 0 radical (unpaired) electrons. The second-order valence-corrected chi connectivity index (χ2v) is 6.10. The van der Waals surface area contributed by atoms with Crippen molar-refractivity contribution < 1.29 is 0 Å². The normalized spacial score (nSPS) is 20.1. The van der Waals surface area contributed by atoms with Gasteiger partial charge >= 0.3 is 0 Å². The average Bonchev–Trinajstić information content (AvgIpc) is 3.08. The summed E-state index contributed by atoms with van der Waals surface area (Å²) < 4.78 is 0. The molecule has 0 amide bonds. The second kappa shape index (κ2) is 6.64. The zero-order valence-electron chi connectivity index (χ0n) is 11.8. The second-order valence-electron chi connectivity index (χ2n) is 6.10. The monoisotopic (exact) mass is 225 g/mol. The minimum Gasteiger partial charge on any atom is -0.313 e. The molecule has 0 bridgehead atoms. The van der Waals surface area contributed by atoms with Gasteiger partial charge in [-0.1, -0.05) is 47.0 Å². The summed E-state index contributed by atoms with van der Waals surface area (Å²) in [5.74, 6) is 0.928. The molecule has 16 heavy (non-hydrogen) atoms. The Balaban J connectivity index is 2.40. The van der Waals surface area contributed by atoms with Crippen molar-refractivity contribution in [2.45, 2.75) is 78.7 Å². The highest BCUT2D eigenvalue weighted by Gasteiger charge is 2.29. The van der Waals surface area contributed by atoms with Crippen LogP contribution in [0, 0.1) is 11.3 Å². The van der Waals surface area contributed by atoms with Crippen molar-refractivity contribution in [2.75, 3.05) is 6.54 Å². The van der Waals surface area contributed by atoms with Crippen LogP contribution in [0.2, 0.25) is 0 Å². The van der Waals surface area contributed by atoms with Gasteiger partial charge in [-0.2, -0.15) is 0 Å². The number of nitrogens with one attached hydrogen (secondary N) is 1. The van der Waals surface area contributed by atoms with Crippen molar-refractivity contribution in [2.24, 2.45) is 11.3 Å². The van der Waals surface area contributed by atoms with Crippen LogP contribution in [0.3, 0.4) is 0 Å². The third-order valence-electron chi connectivity index (χ3n) is 4.18. The van der Waals surface area contributed by atoms with E-state index in [2.05, 4.69) is 33.0 Å². The average molecular weight is 225 g/mol. The van der Waals surface area contributed by atoms with Gasteiger partial charge in [0.2, 0.25) is 0 Å². The van der Waals surface area contributed by atoms with Crippen LogP contribution < -0.4 is 5.32 Å². The van der Waals surface area contributed by atoms with Gasteiger partial charge in [0, 0.05) is 12.6 Å². The van der Waals surface area contributed by atoms with Crippen LogP contribution in [0.25, 0.3) is 0 Å². The summed E-state index contributed by atoms with van der Waals surface area (Å²) in [5, 5.41) is 3.74. The first-order valence-corrected chi connectivity index (χ1v) is 7.37. The van der Waals surface area contributed by atoms with Gasteiger partial charge in [0.05, 0.1) is 0 Å². The molecule has 1 aliphatic rings. The Morgan fingerprint density at radius 2 is 1.81 bits per heavy atom. The van der Waals surface area contributed by atoms with Crippen molar-refractivity contribution in [3.8, 4) is 0 Å². The minimum atomic E-state index is 0.536. The fraction of sp³-hybridized carbons (Fsp3) is 1.00. The van der Waals surface area contributed by atoms with E-state index < -0.39 is 0 Å². The van der Waals surface area contributed by atoms with Gasteiger partial charge in [-0.15, -0.1) is 0 Å². The molecule has 1 fully saturated rings. The van der Waals surface area contributed by atoms with Crippen LogP contribution >= 0.6 is 0 Å². The molecule has 1 nitrogen and oxygen atoms in total. The quantitative estimate of drug-likeness (QED) is 0.614. The molecule has 1 atom stereocenters. The van der Waals surface area contributed by atoms with Gasteiger partial charge in [-0.25, -0.2) is 0 Å². The molecule has 1 heteroatoms. The molecule has 0 heterocycles. The maximum absolute atomic E-state index is 3.74. The molecule has 1 N–H and O–H groups in total. The summed E-state index contributed by atoms with van der Waals surface area (Å²) in [4.78, 5) is 0. The molecule has 1 unspecified atom stereocenters. The molecular weight excluding hydrogens is 194 g/mol. The Labute approximate surface area is 102 Å². The molecule has 0 saturated heterocycles. The molecule has 1 rings (SSSR count). The maximum atomic E-state index is 3.74. The Hall–Kier alpha value is -0.0400. The SMILES string of the molecule is CCCC(C)(CNC1CC1)CC(CC)CC. The van der Waals surface area contributed by atoms with E-state index in [0.29, 0.717) is 5.41 Å². The third-order valence-corrected chi connectivity index (χ3v) is 4.18. The Morgan fingerprint density at radius 1 is 1.19 bits per heavy atom. The van der Waals surface area contributed by atoms with Crippen LogP contribution in [0.5, 0.6) is 0 Å². The lowest BCUT2D eigenvalue weighted by molar-refractivity contribution is 0.203. The molecule has 96 valence electrons. The van der Waals surface area contributed by atoms with E-state index in [4.69, 9.17) is 0 Å². The fourth-order valence-corrected chi connectivity index (χ4v) is 2.82. The lowest BCUT2D eigenvalue weighted by atomic mass is 9.76. The zero-order chi connectivity index (χ0) is 12.0. The number of hydrogen-bond donors (Lipinski definition) is 1. The summed E-state index contributed by atoms with van der Waals surface area (Å²) in [5.41, 5.74) is 0.536. The Morgan fingerprint density at radius 3 is 2.25 bits per heavy atom. The number of rotatable bonds is 9. The molecule has 0 aromatic carbocycles. The van der Waals surface area contributed by atoms with Gasteiger partial charge in [0.25, 0.3) is 0 Å². The van der Waals surface area contributed by atoms with E-state index in [0.717, 1.165) is 12.0 Å². The van der Waals surface area contributed by atoms with Crippen molar-refractivity contribution >= 4 is 0 Å². The third kappa shape index (κ3) is 4.86. The Bertz CT molecular complexity index is 182. The van der Waals surface area contributed by atoms with Gasteiger partial charge in [0.15, 0.2) is 0 Å². The first-order valence-electron chi connectivity index (χ1n) is 7.37. The van der Waals surface area contributed by atoms with E-state index in [-0.39, 0.29) is 0 Å². The van der Waals surface area contributed by atoms with Gasteiger partial charge in [0.1, 0.15) is 0 Å². The van der Waals surface area contributed by atoms with E-state index in [1.165, 1.54) is 51.5 Å². The lowest BCUT2D eigenvalue weighted by Gasteiger charge is -2.33. The summed E-state index contributed by atoms with van der Waals surface area (Å²) in [6, 6.07) is 0.859. The predicted octanol–water partition coefficient (Wildman–Crippen LogP) is 4.37. The Kier molecular flexibility index (Phi) is 5.82. The molecule has 1 aliphatic carbocycles.